The van der Waals surface area contributed by atoms with Crippen LogP contribution in [0.25, 0.3) is 0 Å². The number of nitrogens with one attached hydrogen (secondary N) is 7. The summed E-state index contributed by atoms with van der Waals surface area (Å²) in [7, 11) is 0. The Morgan fingerprint density at radius 3 is 1.63 bits per heavy atom. The van der Waals surface area contributed by atoms with Crippen LogP contribution in [0.5, 0.6) is 5.75 Å². The number of likely N-dealkylation sites (tertiary alicyclic amines) is 1. The van der Waals surface area contributed by atoms with Gasteiger partial charge in [-0.3, -0.25) is 57.9 Å². The van der Waals surface area contributed by atoms with Crippen molar-refractivity contribution in [2.24, 2.45) is 73.5 Å². The van der Waals surface area contributed by atoms with Crippen molar-refractivity contribution in [1.82, 2.24) is 42.1 Å². The lowest BCUT2D eigenvalue weighted by Gasteiger charge is -2.56. The van der Waals surface area contributed by atoms with E-state index < -0.39 is 114 Å². The summed E-state index contributed by atoms with van der Waals surface area (Å²) < 4.78 is 0. The van der Waals surface area contributed by atoms with E-state index in [-0.39, 0.29) is 106 Å². The van der Waals surface area contributed by atoms with Crippen molar-refractivity contribution in [3.05, 3.63) is 65.7 Å². The van der Waals surface area contributed by atoms with Gasteiger partial charge in [-0.1, -0.05) is 63.2 Å². The molecule has 1 saturated heterocycles. The zero-order chi connectivity index (χ0) is 63.5. The second-order valence-electron chi connectivity index (χ2n) is 24.4. The van der Waals surface area contributed by atoms with Crippen LogP contribution in [0, 0.1) is 29.1 Å². The predicted molar refractivity (Wildman–Crippen MR) is 323 cm³/mol. The van der Waals surface area contributed by atoms with Crippen molar-refractivity contribution < 1.29 is 53.1 Å². The third-order valence-electron chi connectivity index (χ3n) is 17.0. The number of carbonyl (C=O) groups excluding carboxylic acids is 10. The van der Waals surface area contributed by atoms with E-state index in [9.17, 15) is 53.1 Å². The molecule has 20 N–H and O–H groups in total. The summed E-state index contributed by atoms with van der Waals surface area (Å²) in [5.41, 5.74) is 34.1. The summed E-state index contributed by atoms with van der Waals surface area (Å²) in [6.45, 7) is 5.21. The molecule has 7 rings (SSSR count). The second-order valence-corrected chi connectivity index (χ2v) is 24.4. The van der Waals surface area contributed by atoms with E-state index in [2.05, 4.69) is 47.2 Å². The van der Waals surface area contributed by atoms with Crippen LogP contribution >= 0.6 is 0 Å². The molecule has 87 heavy (non-hydrogen) atoms. The van der Waals surface area contributed by atoms with Gasteiger partial charge in [-0.2, -0.15) is 0 Å². The van der Waals surface area contributed by atoms with Crippen molar-refractivity contribution in [1.29, 1.82) is 0 Å². The van der Waals surface area contributed by atoms with Gasteiger partial charge in [-0.05, 0) is 136 Å². The Hall–Kier alpha value is -8.52. The minimum Gasteiger partial charge on any atom is -0.508 e. The highest BCUT2D eigenvalue weighted by Gasteiger charge is 2.52. The molecule has 0 spiro atoms. The number of nitrogens with zero attached hydrogens (tertiary/aromatic N) is 3. The standard InChI is InChI=1S/C60H90N16O11/c1-4-40(57(87)76-22-10-15-46(76)55(85)72-42(14-9-21-68-59(65)66)51(81)71-41(50(62)80)13-8-20-67-58(63)64)70-53(83)45(28-47(61)78)74-56(86)49(33(2)3)75-54(84)44(26-34-11-6-5-7-12-34)73-52(82)43(27-35-16-18-39(77)19-17-35)69-48(79)32-60-29-36-23-37(30-60)25-38(24-36)31-60/h5-7,11-12,16-19,33,36-38,40-46,49,77H,4,8-10,13-15,20-32H2,1-3H3,(H2,61,78)(H2,62,80)(H,69,79)(H,70,83)(H,71,81)(H,72,85)(H,73,82)(H,74,86)(H,75,84)(H4,63,64,67)(H4,65,66,68)/t36?,37?,38?,40-,41-,42-,43+,44-,45-,46-,49-,60?/m0/s1. The van der Waals surface area contributed by atoms with Crippen LogP contribution in [-0.4, -0.2) is 149 Å². The van der Waals surface area contributed by atoms with Gasteiger partial charge in [0.25, 0.3) is 0 Å². The molecule has 10 amide bonds. The van der Waals surface area contributed by atoms with Crippen LogP contribution in [0.15, 0.2) is 64.6 Å². The highest BCUT2D eigenvalue weighted by Crippen LogP contribution is 2.61. The third kappa shape index (κ3) is 20.3. The van der Waals surface area contributed by atoms with Gasteiger partial charge in [-0.15, -0.1) is 0 Å². The van der Waals surface area contributed by atoms with Crippen LogP contribution in [0.1, 0.15) is 128 Å². The zero-order valence-electron chi connectivity index (χ0n) is 50.1. The Morgan fingerprint density at radius 2 is 1.09 bits per heavy atom. The normalized spacial score (nSPS) is 21.5. The van der Waals surface area contributed by atoms with Crippen molar-refractivity contribution >= 4 is 71.0 Å². The molecule has 27 nitrogen and oxygen atoms in total. The second kappa shape index (κ2) is 31.7. The van der Waals surface area contributed by atoms with Gasteiger partial charge in [0.1, 0.15) is 54.1 Å². The van der Waals surface area contributed by atoms with E-state index in [0.717, 1.165) is 19.3 Å². The van der Waals surface area contributed by atoms with Crippen molar-refractivity contribution in [3.63, 3.8) is 0 Å². The van der Waals surface area contributed by atoms with E-state index in [4.69, 9.17) is 34.4 Å². The van der Waals surface area contributed by atoms with Crippen LogP contribution in [0.3, 0.4) is 0 Å². The number of phenols is 1. The largest absolute Gasteiger partial charge is 0.508 e. The fourth-order valence-electron chi connectivity index (χ4n) is 13.2. The molecule has 0 radical (unpaired) electrons. The average Bonchev–Trinajstić information content (AvgIpc) is 1.44. The lowest BCUT2D eigenvalue weighted by atomic mass is 9.49. The molecular formula is C60H90N16O11. The highest BCUT2D eigenvalue weighted by molar-refractivity contribution is 5.99. The van der Waals surface area contributed by atoms with Gasteiger partial charge in [0.2, 0.25) is 59.1 Å². The van der Waals surface area contributed by atoms with E-state index in [1.54, 1.807) is 63.2 Å². The summed E-state index contributed by atoms with van der Waals surface area (Å²) in [5.74, 6) is -6.71. The molecule has 0 unspecified atom stereocenters. The summed E-state index contributed by atoms with van der Waals surface area (Å²) >= 11 is 0. The zero-order valence-corrected chi connectivity index (χ0v) is 50.1. The van der Waals surface area contributed by atoms with Crippen LogP contribution in [0.2, 0.25) is 0 Å². The number of guanidine groups is 2. The molecule has 5 fully saturated rings. The SMILES string of the molecule is CC[C@H](NC(=O)[C@H](CC(N)=O)NC(=O)[C@@H](NC(=O)[C@H](Cc1ccccc1)NC(=O)[C@@H](Cc1ccc(O)cc1)NC(=O)CC12CC3CC(CC(C3)C1)C2)C(C)C)C(=O)N1CCC[C@H]1C(=O)N[C@@H](CCCN=C(N)N)C(=O)N[C@@H](CCCN=C(N)N)C(N)=O. The topological polar surface area (TPSA) is 459 Å². The van der Waals surface area contributed by atoms with Gasteiger partial charge in [0.05, 0.1) is 6.42 Å². The Labute approximate surface area is 507 Å². The van der Waals surface area contributed by atoms with E-state index >= 15 is 0 Å². The maximum absolute atomic E-state index is 14.6. The van der Waals surface area contributed by atoms with E-state index in [1.807, 2.05) is 0 Å². The number of primary amides is 2. The summed E-state index contributed by atoms with van der Waals surface area (Å²) in [6, 6.07) is 4.84. The first kappa shape index (κ1) is 67.6. The number of phenolic OH excluding ortho intramolecular Hbond substituents is 1. The molecule has 8 atom stereocenters. The first-order valence-electron chi connectivity index (χ1n) is 30.2. The Bertz CT molecular complexity index is 2790. The third-order valence-corrected chi connectivity index (χ3v) is 17.0. The Kier molecular flexibility index (Phi) is 24.7. The van der Waals surface area contributed by atoms with Crippen LogP contribution in [-0.2, 0) is 60.8 Å². The Balaban J connectivity index is 1.13. The number of aliphatic imine (C=N–C) groups is 2. The van der Waals surface area contributed by atoms with E-state index in [0.29, 0.717) is 35.3 Å². The maximum atomic E-state index is 14.6. The minimum absolute atomic E-state index is 0.00675. The number of hydrogen-bond acceptors (Lipinski definition) is 13. The lowest BCUT2D eigenvalue weighted by molar-refractivity contribution is -0.143. The molecule has 4 bridgehead atoms. The fraction of sp³-hybridized carbons (Fsp3) is 0.600. The predicted octanol–water partition coefficient (Wildman–Crippen LogP) is -1.30. The Morgan fingerprint density at radius 1 is 0.598 bits per heavy atom. The first-order chi connectivity index (χ1) is 41.3. The average molecular weight is 1210 g/mol. The van der Waals surface area contributed by atoms with Gasteiger partial charge in [0.15, 0.2) is 11.9 Å². The van der Waals surface area contributed by atoms with Crippen molar-refractivity contribution in [2.45, 2.75) is 178 Å². The van der Waals surface area contributed by atoms with Gasteiger partial charge in [0, 0.05) is 38.9 Å². The number of rotatable bonds is 33. The smallest absolute Gasteiger partial charge is 0.245 e. The van der Waals surface area contributed by atoms with Crippen molar-refractivity contribution in [2.75, 3.05) is 19.6 Å². The number of benzene rings is 2. The molecule has 5 aliphatic rings. The lowest BCUT2D eigenvalue weighted by Crippen LogP contribution is -2.61. The maximum Gasteiger partial charge on any atom is 0.245 e. The highest BCUT2D eigenvalue weighted by atomic mass is 16.3. The minimum atomic E-state index is -1.66. The summed E-state index contributed by atoms with van der Waals surface area (Å²) in [6.07, 6.45) is 7.20. The fourth-order valence-corrected chi connectivity index (χ4v) is 13.2. The monoisotopic (exact) mass is 1210 g/mol. The number of carbonyl (C=O) groups is 10. The number of hydrogen-bond donors (Lipinski definition) is 14. The summed E-state index contributed by atoms with van der Waals surface area (Å²) in [4.78, 5) is 148. The van der Waals surface area contributed by atoms with Crippen molar-refractivity contribution in [3.8, 4) is 5.75 Å². The molecular weight excluding hydrogens is 1120 g/mol. The number of amides is 10. The van der Waals surface area contributed by atoms with Gasteiger partial charge >= 0.3 is 0 Å². The molecule has 2 aromatic rings. The molecule has 1 heterocycles. The quantitative estimate of drug-likeness (QED) is 0.0225. The van der Waals surface area contributed by atoms with Gasteiger partial charge in [-0.25, -0.2) is 0 Å². The first-order valence-corrected chi connectivity index (χ1v) is 30.2. The van der Waals surface area contributed by atoms with Crippen LogP contribution < -0.4 is 71.6 Å². The molecule has 27 heteroatoms. The summed E-state index contributed by atoms with van der Waals surface area (Å²) in [5, 5.41) is 29.1. The number of aromatic hydroxyl groups is 1. The van der Waals surface area contributed by atoms with Crippen LogP contribution in [0.4, 0.5) is 0 Å². The van der Waals surface area contributed by atoms with E-state index in [1.165, 1.54) is 36.3 Å². The molecule has 2 aromatic carbocycles. The molecule has 476 valence electrons. The molecule has 4 saturated carbocycles. The number of nitrogens with two attached hydrogens (primary N) is 6. The van der Waals surface area contributed by atoms with Gasteiger partial charge < -0.3 is 81.6 Å². The molecule has 0 aromatic heterocycles. The molecule has 1 aliphatic heterocycles. The molecule has 4 aliphatic carbocycles.